The Morgan fingerprint density at radius 1 is 1.15 bits per heavy atom. The first-order chi connectivity index (χ1) is 6.02. The molecule has 80 valence electrons. The van der Waals surface area contributed by atoms with Gasteiger partial charge in [-0.05, 0) is 24.2 Å². The van der Waals surface area contributed by atoms with E-state index in [9.17, 15) is 5.11 Å². The lowest BCUT2D eigenvalue weighted by atomic mass is 9.81. The molecule has 0 aliphatic carbocycles. The van der Waals surface area contributed by atoms with Gasteiger partial charge in [-0.25, -0.2) is 0 Å². The van der Waals surface area contributed by atoms with Crippen molar-refractivity contribution in [2.24, 2.45) is 17.8 Å². The third-order valence-corrected chi connectivity index (χ3v) is 2.80. The van der Waals surface area contributed by atoms with Crippen LogP contribution < -0.4 is 0 Å². The fraction of sp³-hybridized carbons (Fsp3) is 1.00. The summed E-state index contributed by atoms with van der Waals surface area (Å²) in [4.78, 5) is 0. The fourth-order valence-electron chi connectivity index (χ4n) is 1.75. The third kappa shape index (κ3) is 4.63. The van der Waals surface area contributed by atoms with Gasteiger partial charge in [-0.3, -0.25) is 0 Å². The monoisotopic (exact) mass is 188 g/mol. The largest absolute Gasteiger partial charge is 0.394 e. The van der Waals surface area contributed by atoms with Crippen LogP contribution in [0.2, 0.25) is 0 Å². The summed E-state index contributed by atoms with van der Waals surface area (Å²) in [5.74, 6) is 1.32. The molecule has 3 atom stereocenters. The molecule has 0 aliphatic heterocycles. The molecule has 0 saturated heterocycles. The summed E-state index contributed by atoms with van der Waals surface area (Å²) in [5, 5.41) is 18.5. The van der Waals surface area contributed by atoms with Crippen LogP contribution in [0.5, 0.6) is 0 Å². The van der Waals surface area contributed by atoms with Crippen LogP contribution in [-0.4, -0.2) is 22.9 Å². The maximum absolute atomic E-state index is 9.62. The molecule has 0 fully saturated rings. The van der Waals surface area contributed by atoms with Crippen molar-refractivity contribution in [1.29, 1.82) is 0 Å². The fourth-order valence-corrected chi connectivity index (χ4v) is 1.75. The van der Waals surface area contributed by atoms with Crippen LogP contribution in [-0.2, 0) is 0 Å². The molecule has 0 heterocycles. The molecule has 0 amide bonds. The summed E-state index contributed by atoms with van der Waals surface area (Å²) in [7, 11) is 0. The van der Waals surface area contributed by atoms with E-state index in [-0.39, 0.29) is 12.5 Å². The molecule has 2 N–H and O–H groups in total. The van der Waals surface area contributed by atoms with Crippen molar-refractivity contribution in [2.45, 2.75) is 46.6 Å². The lowest BCUT2D eigenvalue weighted by Gasteiger charge is -2.28. The van der Waals surface area contributed by atoms with Gasteiger partial charge in [-0.15, -0.1) is 0 Å². The minimum Gasteiger partial charge on any atom is -0.394 e. The van der Waals surface area contributed by atoms with Crippen LogP contribution in [0.25, 0.3) is 0 Å². The molecule has 3 unspecified atom stereocenters. The SMILES string of the molecule is CCC(C)C(CC(C)C)C(O)CO. The Labute approximate surface area is 82.0 Å². The van der Waals surface area contributed by atoms with Gasteiger partial charge in [0.05, 0.1) is 12.7 Å². The molecule has 13 heavy (non-hydrogen) atoms. The van der Waals surface area contributed by atoms with Gasteiger partial charge in [0.1, 0.15) is 0 Å². The van der Waals surface area contributed by atoms with E-state index in [0.29, 0.717) is 11.8 Å². The highest BCUT2D eigenvalue weighted by atomic mass is 16.3. The molecule has 0 aromatic carbocycles. The highest BCUT2D eigenvalue weighted by Gasteiger charge is 2.24. The van der Waals surface area contributed by atoms with Gasteiger partial charge in [-0.1, -0.05) is 34.1 Å². The maximum atomic E-state index is 9.62. The molecular formula is C11H24O2. The van der Waals surface area contributed by atoms with Gasteiger partial charge in [0.2, 0.25) is 0 Å². The van der Waals surface area contributed by atoms with Gasteiger partial charge < -0.3 is 10.2 Å². The quantitative estimate of drug-likeness (QED) is 0.669. The molecular weight excluding hydrogens is 164 g/mol. The van der Waals surface area contributed by atoms with Crippen molar-refractivity contribution >= 4 is 0 Å². The first-order valence-corrected chi connectivity index (χ1v) is 5.31. The molecule has 0 spiro atoms. The first kappa shape index (κ1) is 12.9. The van der Waals surface area contributed by atoms with E-state index < -0.39 is 6.10 Å². The Bertz CT molecular complexity index is 113. The van der Waals surface area contributed by atoms with E-state index >= 15 is 0 Å². The summed E-state index contributed by atoms with van der Waals surface area (Å²) in [5.41, 5.74) is 0. The van der Waals surface area contributed by atoms with Crippen LogP contribution in [0, 0.1) is 17.8 Å². The van der Waals surface area contributed by atoms with Crippen molar-refractivity contribution in [3.05, 3.63) is 0 Å². The van der Waals surface area contributed by atoms with Crippen LogP contribution >= 0.6 is 0 Å². The number of aliphatic hydroxyl groups is 2. The average Bonchev–Trinajstić information content (AvgIpc) is 2.11. The predicted molar refractivity (Wildman–Crippen MR) is 55.5 cm³/mol. The Kier molecular flexibility index (Phi) is 6.35. The number of aliphatic hydroxyl groups excluding tert-OH is 2. The molecule has 2 nitrogen and oxygen atoms in total. The van der Waals surface area contributed by atoms with Gasteiger partial charge >= 0.3 is 0 Å². The highest BCUT2D eigenvalue weighted by molar-refractivity contribution is 4.74. The van der Waals surface area contributed by atoms with E-state index in [1.807, 2.05) is 0 Å². The second kappa shape index (κ2) is 6.39. The van der Waals surface area contributed by atoms with Gasteiger partial charge in [0.25, 0.3) is 0 Å². The number of hydrogen-bond donors (Lipinski definition) is 2. The normalized spacial score (nSPS) is 18.7. The molecule has 0 radical (unpaired) electrons. The van der Waals surface area contributed by atoms with Crippen LogP contribution in [0.1, 0.15) is 40.5 Å². The zero-order valence-corrected chi connectivity index (χ0v) is 9.33. The average molecular weight is 188 g/mol. The minimum absolute atomic E-state index is 0.109. The second-order valence-electron chi connectivity index (χ2n) is 4.43. The zero-order valence-electron chi connectivity index (χ0n) is 9.33. The molecule has 0 aromatic rings. The summed E-state index contributed by atoms with van der Waals surface area (Å²) in [6.07, 6.45) is 1.52. The first-order valence-electron chi connectivity index (χ1n) is 5.31. The molecule has 0 aromatic heterocycles. The standard InChI is InChI=1S/C11H24O2/c1-5-9(4)10(6-8(2)3)11(13)7-12/h8-13H,5-7H2,1-4H3. The number of hydrogen-bond acceptors (Lipinski definition) is 2. The minimum atomic E-state index is -0.544. The van der Waals surface area contributed by atoms with E-state index in [4.69, 9.17) is 5.11 Å². The van der Waals surface area contributed by atoms with E-state index in [1.54, 1.807) is 0 Å². The number of rotatable bonds is 6. The van der Waals surface area contributed by atoms with Crippen molar-refractivity contribution < 1.29 is 10.2 Å². The Balaban J connectivity index is 4.17. The second-order valence-corrected chi connectivity index (χ2v) is 4.43. The zero-order chi connectivity index (χ0) is 10.4. The van der Waals surface area contributed by atoms with Crippen molar-refractivity contribution in [2.75, 3.05) is 6.61 Å². The van der Waals surface area contributed by atoms with Crippen LogP contribution in [0.4, 0.5) is 0 Å². The summed E-state index contributed by atoms with van der Waals surface area (Å²) >= 11 is 0. The van der Waals surface area contributed by atoms with E-state index in [1.165, 1.54) is 0 Å². The third-order valence-electron chi connectivity index (χ3n) is 2.80. The van der Waals surface area contributed by atoms with Gasteiger partial charge in [-0.2, -0.15) is 0 Å². The van der Waals surface area contributed by atoms with Crippen molar-refractivity contribution in [3.8, 4) is 0 Å². The summed E-state index contributed by atoms with van der Waals surface area (Å²) in [6.45, 7) is 8.47. The molecule has 2 heteroatoms. The summed E-state index contributed by atoms with van der Waals surface area (Å²) in [6, 6.07) is 0. The van der Waals surface area contributed by atoms with Gasteiger partial charge in [0, 0.05) is 0 Å². The van der Waals surface area contributed by atoms with E-state index in [0.717, 1.165) is 12.8 Å². The van der Waals surface area contributed by atoms with Crippen molar-refractivity contribution in [1.82, 2.24) is 0 Å². The van der Waals surface area contributed by atoms with Crippen molar-refractivity contribution in [3.63, 3.8) is 0 Å². The topological polar surface area (TPSA) is 40.5 Å². The van der Waals surface area contributed by atoms with Gasteiger partial charge in [0.15, 0.2) is 0 Å². The van der Waals surface area contributed by atoms with Crippen LogP contribution in [0.15, 0.2) is 0 Å². The Morgan fingerprint density at radius 2 is 1.69 bits per heavy atom. The Hall–Kier alpha value is -0.0800. The Morgan fingerprint density at radius 3 is 2.00 bits per heavy atom. The predicted octanol–water partition coefficient (Wildman–Crippen LogP) is 2.05. The summed E-state index contributed by atoms with van der Waals surface area (Å²) < 4.78 is 0. The smallest absolute Gasteiger partial charge is 0.0801 e. The van der Waals surface area contributed by atoms with Crippen LogP contribution in [0.3, 0.4) is 0 Å². The van der Waals surface area contributed by atoms with E-state index in [2.05, 4.69) is 27.7 Å². The lowest BCUT2D eigenvalue weighted by Crippen LogP contribution is -2.30. The highest BCUT2D eigenvalue weighted by Crippen LogP contribution is 2.26. The lowest BCUT2D eigenvalue weighted by molar-refractivity contribution is 0.0162. The molecule has 0 bridgehead atoms. The molecule has 0 saturated carbocycles. The molecule has 0 rings (SSSR count). The molecule has 0 aliphatic rings. The maximum Gasteiger partial charge on any atom is 0.0801 e.